The predicted molar refractivity (Wildman–Crippen MR) is 71.6 cm³/mol. The third-order valence-corrected chi connectivity index (χ3v) is 3.30. The van der Waals surface area contributed by atoms with Crippen LogP contribution in [0.1, 0.15) is 37.5 Å². The van der Waals surface area contributed by atoms with Gasteiger partial charge in [-0.05, 0) is 26.7 Å². The Bertz CT molecular complexity index is 586. The average Bonchev–Trinajstić information content (AvgIpc) is 3.07. The van der Waals surface area contributed by atoms with Gasteiger partial charge in [0.05, 0.1) is 6.61 Å². The molecule has 3 rings (SSSR count). The maximum absolute atomic E-state index is 5.42. The van der Waals surface area contributed by atoms with Gasteiger partial charge in [-0.1, -0.05) is 5.16 Å². The van der Waals surface area contributed by atoms with Crippen molar-refractivity contribution in [2.24, 2.45) is 0 Å². The Balaban J connectivity index is 1.86. The summed E-state index contributed by atoms with van der Waals surface area (Å²) >= 11 is 0. The molecule has 106 valence electrons. The van der Waals surface area contributed by atoms with E-state index < -0.39 is 0 Å². The van der Waals surface area contributed by atoms with Gasteiger partial charge in [0, 0.05) is 12.6 Å². The van der Waals surface area contributed by atoms with Crippen molar-refractivity contribution in [1.82, 2.24) is 20.1 Å². The topological polar surface area (TPSA) is 77.2 Å². The monoisotopic (exact) mass is 275 g/mol. The van der Waals surface area contributed by atoms with Crippen molar-refractivity contribution < 1.29 is 9.26 Å². The SMILES string of the molecule is CCOc1cc(N2CCCC2c2nc(C)no2)ncn1. The molecular formula is C13H17N5O2. The normalized spacial score (nSPS) is 18.5. The van der Waals surface area contributed by atoms with Gasteiger partial charge in [-0.25, -0.2) is 9.97 Å². The first kappa shape index (κ1) is 12.8. The molecule has 1 saturated heterocycles. The summed E-state index contributed by atoms with van der Waals surface area (Å²) in [6, 6.07) is 1.94. The smallest absolute Gasteiger partial charge is 0.249 e. The minimum absolute atomic E-state index is 0.0839. The molecule has 1 atom stereocenters. The van der Waals surface area contributed by atoms with Crippen molar-refractivity contribution >= 4 is 5.82 Å². The molecular weight excluding hydrogens is 258 g/mol. The number of hydrogen-bond acceptors (Lipinski definition) is 7. The van der Waals surface area contributed by atoms with Crippen molar-refractivity contribution in [3.8, 4) is 5.88 Å². The van der Waals surface area contributed by atoms with E-state index in [9.17, 15) is 0 Å². The molecule has 7 nitrogen and oxygen atoms in total. The third-order valence-electron chi connectivity index (χ3n) is 3.30. The van der Waals surface area contributed by atoms with Crippen LogP contribution in [0.3, 0.4) is 0 Å². The van der Waals surface area contributed by atoms with E-state index in [1.165, 1.54) is 6.33 Å². The van der Waals surface area contributed by atoms with E-state index in [4.69, 9.17) is 9.26 Å². The van der Waals surface area contributed by atoms with Crippen molar-refractivity contribution in [3.63, 3.8) is 0 Å². The highest BCUT2D eigenvalue weighted by Crippen LogP contribution is 2.34. The van der Waals surface area contributed by atoms with Crippen molar-refractivity contribution in [1.29, 1.82) is 0 Å². The van der Waals surface area contributed by atoms with E-state index in [1.54, 1.807) is 0 Å². The first-order valence-corrected chi connectivity index (χ1v) is 6.79. The summed E-state index contributed by atoms with van der Waals surface area (Å²) in [5, 5.41) is 3.87. The molecule has 0 N–H and O–H groups in total. The minimum Gasteiger partial charge on any atom is -0.478 e. The van der Waals surface area contributed by atoms with E-state index in [-0.39, 0.29) is 6.04 Å². The lowest BCUT2D eigenvalue weighted by Crippen LogP contribution is -2.24. The van der Waals surface area contributed by atoms with Gasteiger partial charge in [-0.15, -0.1) is 0 Å². The predicted octanol–water partition coefficient (Wildman–Crippen LogP) is 1.91. The summed E-state index contributed by atoms with van der Waals surface area (Å²) in [4.78, 5) is 14.9. The Hall–Kier alpha value is -2.18. The van der Waals surface area contributed by atoms with Crippen LogP contribution in [0.15, 0.2) is 16.9 Å². The molecule has 20 heavy (non-hydrogen) atoms. The summed E-state index contributed by atoms with van der Waals surface area (Å²) in [6.45, 7) is 5.25. The number of rotatable bonds is 4. The van der Waals surface area contributed by atoms with Gasteiger partial charge < -0.3 is 14.2 Å². The second-order valence-corrected chi connectivity index (χ2v) is 4.68. The number of nitrogens with zero attached hydrogens (tertiary/aromatic N) is 5. The van der Waals surface area contributed by atoms with Crippen LogP contribution in [0.2, 0.25) is 0 Å². The molecule has 2 aromatic rings. The van der Waals surface area contributed by atoms with Crippen LogP contribution in [0.25, 0.3) is 0 Å². The Kier molecular flexibility index (Phi) is 3.49. The van der Waals surface area contributed by atoms with Crippen LogP contribution in [0, 0.1) is 6.92 Å². The van der Waals surface area contributed by atoms with Crippen molar-refractivity contribution in [3.05, 3.63) is 24.1 Å². The molecule has 1 unspecified atom stereocenters. The summed E-state index contributed by atoms with van der Waals surface area (Å²) < 4.78 is 10.7. The van der Waals surface area contributed by atoms with Crippen LogP contribution >= 0.6 is 0 Å². The van der Waals surface area contributed by atoms with Gasteiger partial charge in [-0.2, -0.15) is 4.98 Å². The molecule has 0 radical (unpaired) electrons. The van der Waals surface area contributed by atoms with Gasteiger partial charge in [0.1, 0.15) is 18.2 Å². The molecule has 0 saturated carbocycles. The van der Waals surface area contributed by atoms with E-state index in [2.05, 4.69) is 25.0 Å². The minimum atomic E-state index is 0.0839. The highest BCUT2D eigenvalue weighted by molar-refractivity contribution is 5.43. The van der Waals surface area contributed by atoms with Gasteiger partial charge >= 0.3 is 0 Å². The number of anilines is 1. The highest BCUT2D eigenvalue weighted by Gasteiger charge is 2.31. The van der Waals surface area contributed by atoms with Crippen molar-refractivity contribution in [2.75, 3.05) is 18.1 Å². The number of aryl methyl sites for hydroxylation is 1. The first-order chi connectivity index (χ1) is 9.78. The Morgan fingerprint density at radius 2 is 2.35 bits per heavy atom. The van der Waals surface area contributed by atoms with Crippen LogP contribution in [0.4, 0.5) is 5.82 Å². The summed E-state index contributed by atoms with van der Waals surface area (Å²) in [6.07, 6.45) is 3.57. The highest BCUT2D eigenvalue weighted by atomic mass is 16.5. The summed E-state index contributed by atoms with van der Waals surface area (Å²) in [7, 11) is 0. The molecule has 0 aliphatic carbocycles. The fourth-order valence-electron chi connectivity index (χ4n) is 2.46. The largest absolute Gasteiger partial charge is 0.478 e. The molecule has 2 aromatic heterocycles. The lowest BCUT2D eigenvalue weighted by molar-refractivity contribution is 0.325. The average molecular weight is 275 g/mol. The van der Waals surface area contributed by atoms with Crippen LogP contribution in [-0.2, 0) is 0 Å². The zero-order chi connectivity index (χ0) is 13.9. The van der Waals surface area contributed by atoms with E-state index in [1.807, 2.05) is 19.9 Å². The molecule has 0 bridgehead atoms. The third kappa shape index (κ3) is 2.43. The zero-order valence-electron chi connectivity index (χ0n) is 11.6. The number of aromatic nitrogens is 4. The van der Waals surface area contributed by atoms with Gasteiger partial charge in [-0.3, -0.25) is 0 Å². The quantitative estimate of drug-likeness (QED) is 0.843. The molecule has 1 aliphatic heterocycles. The van der Waals surface area contributed by atoms with Crippen LogP contribution < -0.4 is 9.64 Å². The van der Waals surface area contributed by atoms with Gasteiger partial charge in [0.15, 0.2) is 5.82 Å². The second kappa shape index (κ2) is 5.44. The van der Waals surface area contributed by atoms with E-state index >= 15 is 0 Å². The van der Waals surface area contributed by atoms with E-state index in [0.717, 1.165) is 25.2 Å². The lowest BCUT2D eigenvalue weighted by Gasteiger charge is -2.22. The number of ether oxygens (including phenoxy) is 1. The molecule has 1 fully saturated rings. The molecule has 0 spiro atoms. The van der Waals surface area contributed by atoms with E-state index in [0.29, 0.717) is 24.2 Å². The van der Waals surface area contributed by atoms with Crippen molar-refractivity contribution in [2.45, 2.75) is 32.7 Å². The molecule has 0 amide bonds. The Morgan fingerprint density at radius 1 is 1.45 bits per heavy atom. The first-order valence-electron chi connectivity index (χ1n) is 6.79. The molecule has 0 aromatic carbocycles. The maximum atomic E-state index is 5.42. The number of hydrogen-bond donors (Lipinski definition) is 0. The van der Waals surface area contributed by atoms with Gasteiger partial charge in [0.25, 0.3) is 0 Å². The fraction of sp³-hybridized carbons (Fsp3) is 0.538. The Labute approximate surface area is 117 Å². The fourth-order valence-corrected chi connectivity index (χ4v) is 2.46. The molecule has 1 aliphatic rings. The maximum Gasteiger partial charge on any atom is 0.249 e. The lowest BCUT2D eigenvalue weighted by atomic mass is 10.2. The Morgan fingerprint density at radius 3 is 3.10 bits per heavy atom. The molecule has 7 heteroatoms. The van der Waals surface area contributed by atoms with Gasteiger partial charge in [0.2, 0.25) is 11.8 Å². The molecule has 3 heterocycles. The summed E-state index contributed by atoms with van der Waals surface area (Å²) in [5.41, 5.74) is 0. The zero-order valence-corrected chi connectivity index (χ0v) is 11.6. The van der Waals surface area contributed by atoms with Crippen LogP contribution in [0.5, 0.6) is 5.88 Å². The van der Waals surface area contributed by atoms with Crippen LogP contribution in [-0.4, -0.2) is 33.3 Å². The standard InChI is InChI=1S/C13H17N5O2/c1-3-19-12-7-11(14-8-15-12)18-6-4-5-10(18)13-16-9(2)17-20-13/h7-8,10H,3-6H2,1-2H3. The summed E-state index contributed by atoms with van der Waals surface area (Å²) in [5.74, 6) is 2.73. The second-order valence-electron chi connectivity index (χ2n) is 4.68.